The first-order chi connectivity index (χ1) is 9.02. The summed E-state index contributed by atoms with van der Waals surface area (Å²) in [5.74, 6) is -0.476. The number of hydrogen-bond acceptors (Lipinski definition) is 4. The Hall–Kier alpha value is -2.43. The number of carboxylic acid groups (broad SMARTS) is 1. The molecule has 1 heterocycles. The minimum atomic E-state index is -1.23. The smallest absolute Gasteiger partial charge is 0.333 e. The molecule has 2 N–H and O–H groups in total. The van der Waals surface area contributed by atoms with Crippen molar-refractivity contribution >= 4 is 11.8 Å². The predicted molar refractivity (Wildman–Crippen MR) is 71.8 cm³/mol. The van der Waals surface area contributed by atoms with E-state index in [0.29, 0.717) is 11.4 Å². The zero-order valence-electron chi connectivity index (χ0n) is 10.8. The van der Waals surface area contributed by atoms with E-state index in [-0.39, 0.29) is 0 Å². The molecular formula is C14H15N3O2. The molecule has 0 spiro atoms. The number of aryl methyl sites for hydroxylation is 1. The third-order valence-corrected chi connectivity index (χ3v) is 2.96. The molecule has 5 nitrogen and oxygen atoms in total. The highest BCUT2D eigenvalue weighted by Gasteiger charge is 2.35. The highest BCUT2D eigenvalue weighted by Crippen LogP contribution is 2.25. The number of aliphatic carboxylic acids is 1. The highest BCUT2D eigenvalue weighted by atomic mass is 16.4. The molecule has 1 unspecified atom stereocenters. The molecule has 2 rings (SSSR count). The lowest BCUT2D eigenvalue weighted by Crippen LogP contribution is -2.40. The van der Waals surface area contributed by atoms with Crippen LogP contribution >= 0.6 is 0 Å². The van der Waals surface area contributed by atoms with Crippen LogP contribution in [0.25, 0.3) is 0 Å². The number of rotatable bonds is 4. The van der Waals surface area contributed by atoms with Gasteiger partial charge in [-0.05, 0) is 19.4 Å². The van der Waals surface area contributed by atoms with Crippen LogP contribution < -0.4 is 5.32 Å². The van der Waals surface area contributed by atoms with Crippen LogP contribution in [0.2, 0.25) is 0 Å². The van der Waals surface area contributed by atoms with Crippen molar-refractivity contribution in [2.45, 2.75) is 19.4 Å². The van der Waals surface area contributed by atoms with E-state index in [1.807, 2.05) is 25.1 Å². The van der Waals surface area contributed by atoms with E-state index in [9.17, 15) is 9.90 Å². The molecular weight excluding hydrogens is 242 g/mol. The predicted octanol–water partition coefficient (Wildman–Crippen LogP) is 2.20. The molecule has 0 fully saturated rings. The average Bonchev–Trinajstić information content (AvgIpc) is 2.39. The van der Waals surface area contributed by atoms with Crippen LogP contribution in [-0.2, 0) is 10.3 Å². The van der Waals surface area contributed by atoms with E-state index >= 15 is 0 Å². The van der Waals surface area contributed by atoms with Gasteiger partial charge in [-0.25, -0.2) is 14.8 Å². The lowest BCUT2D eigenvalue weighted by atomic mass is 9.92. The molecule has 0 saturated heterocycles. The second-order valence-corrected chi connectivity index (χ2v) is 4.47. The first-order valence-corrected chi connectivity index (χ1v) is 5.88. The van der Waals surface area contributed by atoms with Crippen LogP contribution in [0, 0.1) is 6.92 Å². The SMILES string of the molecule is Cc1cc(NC(C)(C(=O)O)c2ccccc2)ncn1. The van der Waals surface area contributed by atoms with Crippen molar-refractivity contribution in [3.05, 3.63) is 54.0 Å². The number of carbonyl (C=O) groups is 1. The van der Waals surface area contributed by atoms with E-state index in [1.165, 1.54) is 6.33 Å². The number of nitrogens with one attached hydrogen (secondary N) is 1. The first kappa shape index (κ1) is 13.0. The maximum atomic E-state index is 11.6. The Labute approximate surface area is 111 Å². The summed E-state index contributed by atoms with van der Waals surface area (Å²) < 4.78 is 0. The molecule has 0 aliphatic carbocycles. The Kier molecular flexibility index (Phi) is 3.46. The van der Waals surface area contributed by atoms with Crippen molar-refractivity contribution in [3.8, 4) is 0 Å². The molecule has 0 radical (unpaired) electrons. The van der Waals surface area contributed by atoms with Crippen molar-refractivity contribution < 1.29 is 9.90 Å². The lowest BCUT2D eigenvalue weighted by molar-refractivity contribution is -0.142. The van der Waals surface area contributed by atoms with Crippen LogP contribution in [0.1, 0.15) is 18.2 Å². The van der Waals surface area contributed by atoms with Gasteiger partial charge in [0.1, 0.15) is 12.1 Å². The molecule has 0 aliphatic rings. The quantitative estimate of drug-likeness (QED) is 0.878. The van der Waals surface area contributed by atoms with E-state index in [0.717, 1.165) is 5.69 Å². The van der Waals surface area contributed by atoms with Gasteiger partial charge in [0, 0.05) is 11.8 Å². The van der Waals surface area contributed by atoms with E-state index in [2.05, 4.69) is 15.3 Å². The fourth-order valence-corrected chi connectivity index (χ4v) is 1.80. The molecule has 98 valence electrons. The van der Waals surface area contributed by atoms with Gasteiger partial charge in [0.05, 0.1) is 0 Å². The molecule has 1 aromatic carbocycles. The van der Waals surface area contributed by atoms with Crippen LogP contribution in [0.15, 0.2) is 42.7 Å². The van der Waals surface area contributed by atoms with Gasteiger partial charge in [-0.15, -0.1) is 0 Å². The monoisotopic (exact) mass is 257 g/mol. The van der Waals surface area contributed by atoms with Gasteiger partial charge in [0.2, 0.25) is 0 Å². The molecule has 19 heavy (non-hydrogen) atoms. The Balaban J connectivity index is 2.39. The molecule has 2 aromatic rings. The van der Waals surface area contributed by atoms with Crippen molar-refractivity contribution in [2.75, 3.05) is 5.32 Å². The summed E-state index contributed by atoms with van der Waals surface area (Å²) >= 11 is 0. The largest absolute Gasteiger partial charge is 0.479 e. The first-order valence-electron chi connectivity index (χ1n) is 5.88. The maximum absolute atomic E-state index is 11.6. The summed E-state index contributed by atoms with van der Waals surface area (Å²) in [6, 6.07) is 10.7. The van der Waals surface area contributed by atoms with Crippen molar-refractivity contribution in [2.24, 2.45) is 0 Å². The molecule has 0 amide bonds. The number of anilines is 1. The fourth-order valence-electron chi connectivity index (χ4n) is 1.80. The Bertz CT molecular complexity index is 586. The van der Waals surface area contributed by atoms with E-state index < -0.39 is 11.5 Å². The van der Waals surface area contributed by atoms with Gasteiger partial charge < -0.3 is 10.4 Å². The van der Waals surface area contributed by atoms with Crippen molar-refractivity contribution in [1.82, 2.24) is 9.97 Å². The second kappa shape index (κ2) is 5.06. The normalized spacial score (nSPS) is 13.6. The van der Waals surface area contributed by atoms with Crippen molar-refractivity contribution in [1.29, 1.82) is 0 Å². The van der Waals surface area contributed by atoms with Gasteiger partial charge in [-0.1, -0.05) is 30.3 Å². The van der Waals surface area contributed by atoms with E-state index in [4.69, 9.17) is 0 Å². The van der Waals surface area contributed by atoms with Gasteiger partial charge in [-0.2, -0.15) is 0 Å². The second-order valence-electron chi connectivity index (χ2n) is 4.47. The summed E-state index contributed by atoms with van der Waals surface area (Å²) in [7, 11) is 0. The third-order valence-electron chi connectivity index (χ3n) is 2.96. The molecule has 0 saturated carbocycles. The Morgan fingerprint density at radius 1 is 1.26 bits per heavy atom. The van der Waals surface area contributed by atoms with Crippen LogP contribution in [0.5, 0.6) is 0 Å². The van der Waals surface area contributed by atoms with Gasteiger partial charge in [0.25, 0.3) is 0 Å². The number of carboxylic acids is 1. The number of benzene rings is 1. The summed E-state index contributed by atoms with van der Waals surface area (Å²) in [5.41, 5.74) is 0.208. The Morgan fingerprint density at radius 2 is 1.95 bits per heavy atom. The summed E-state index contributed by atoms with van der Waals surface area (Å²) in [6.45, 7) is 3.44. The summed E-state index contributed by atoms with van der Waals surface area (Å²) in [6.07, 6.45) is 1.41. The maximum Gasteiger partial charge on any atom is 0.333 e. The van der Waals surface area contributed by atoms with Crippen LogP contribution in [-0.4, -0.2) is 21.0 Å². The number of hydrogen-bond donors (Lipinski definition) is 2. The topological polar surface area (TPSA) is 75.1 Å². The van der Waals surface area contributed by atoms with E-state index in [1.54, 1.807) is 25.1 Å². The minimum absolute atomic E-state index is 0.487. The third kappa shape index (κ3) is 2.70. The van der Waals surface area contributed by atoms with Crippen LogP contribution in [0.4, 0.5) is 5.82 Å². The highest BCUT2D eigenvalue weighted by molar-refractivity contribution is 5.83. The molecule has 1 aromatic heterocycles. The Morgan fingerprint density at radius 3 is 2.53 bits per heavy atom. The standard InChI is InChI=1S/C14H15N3O2/c1-10-8-12(16-9-15-10)17-14(2,13(18)19)11-6-4-3-5-7-11/h3-9H,1-2H3,(H,18,19)(H,15,16,17). The van der Waals surface area contributed by atoms with Gasteiger partial charge in [0.15, 0.2) is 5.54 Å². The molecule has 0 aliphatic heterocycles. The summed E-state index contributed by atoms with van der Waals surface area (Å²) in [5, 5.41) is 12.5. The van der Waals surface area contributed by atoms with Gasteiger partial charge in [-0.3, -0.25) is 0 Å². The minimum Gasteiger partial charge on any atom is -0.479 e. The number of nitrogens with zero attached hydrogens (tertiary/aromatic N) is 2. The van der Waals surface area contributed by atoms with Gasteiger partial charge >= 0.3 is 5.97 Å². The molecule has 0 bridgehead atoms. The summed E-state index contributed by atoms with van der Waals surface area (Å²) in [4.78, 5) is 19.6. The number of aromatic nitrogens is 2. The fraction of sp³-hybridized carbons (Fsp3) is 0.214. The zero-order chi connectivity index (χ0) is 13.9. The van der Waals surface area contributed by atoms with Crippen LogP contribution in [0.3, 0.4) is 0 Å². The molecule has 5 heteroatoms. The molecule has 1 atom stereocenters. The van der Waals surface area contributed by atoms with Crippen molar-refractivity contribution in [3.63, 3.8) is 0 Å². The zero-order valence-corrected chi connectivity index (χ0v) is 10.8. The average molecular weight is 257 g/mol. The lowest BCUT2D eigenvalue weighted by Gasteiger charge is -2.27.